The van der Waals surface area contributed by atoms with Gasteiger partial charge >= 0.3 is 0 Å². The average molecular weight is 389 g/mol. The van der Waals surface area contributed by atoms with Gasteiger partial charge in [-0.05, 0) is 18.2 Å². The van der Waals surface area contributed by atoms with Gasteiger partial charge in [0.05, 0.1) is 10.9 Å². The quantitative estimate of drug-likeness (QED) is 0.455. The minimum Gasteiger partial charge on any atom is -0.494 e. The number of aromatic nitrogens is 5. The molecule has 0 saturated carbocycles. The molecule has 0 aliphatic carbocycles. The number of rotatable bonds is 1. The summed E-state index contributed by atoms with van der Waals surface area (Å²) in [4.78, 5) is 14.6. The van der Waals surface area contributed by atoms with Gasteiger partial charge < -0.3 is 10.1 Å². The third kappa shape index (κ3) is 2.17. The molecule has 0 amide bonds. The van der Waals surface area contributed by atoms with Gasteiger partial charge in [0.15, 0.2) is 16.7 Å². The topological polar surface area (TPSA) is 120 Å². The molecule has 2 aromatic carbocycles. The minimum atomic E-state index is -0.338. The van der Waals surface area contributed by atoms with Crippen LogP contribution < -0.4 is 5.43 Å². The van der Waals surface area contributed by atoms with Crippen molar-refractivity contribution in [3.8, 4) is 23.1 Å². The number of hydrogen-bond acceptors (Lipinski definition) is 6. The summed E-state index contributed by atoms with van der Waals surface area (Å²) in [7, 11) is 0. The minimum absolute atomic E-state index is 0.00923. The number of nitrogens with one attached hydrogen (secondary N) is 1. The van der Waals surface area contributed by atoms with E-state index >= 15 is 0 Å². The molecule has 5 aromatic rings. The predicted octanol–water partition coefficient (Wildman–Crippen LogP) is 3.02. The fraction of sp³-hybridized carbons (Fsp3) is 0. The second kappa shape index (κ2) is 5.77. The highest BCUT2D eigenvalue weighted by Gasteiger charge is 2.23. The fourth-order valence-corrected chi connectivity index (χ4v) is 3.54. The summed E-state index contributed by atoms with van der Waals surface area (Å²) in [6, 6.07) is 13.3. The molecular formula is C19H9ClN6O2. The number of aromatic amines is 1. The van der Waals surface area contributed by atoms with Gasteiger partial charge in [0.25, 0.3) is 0 Å². The summed E-state index contributed by atoms with van der Waals surface area (Å²) >= 11 is 6.37. The second-order valence-electron chi connectivity index (χ2n) is 6.12. The number of H-pyrrole nitrogens is 1. The first-order valence-corrected chi connectivity index (χ1v) is 8.55. The first-order chi connectivity index (χ1) is 13.6. The van der Waals surface area contributed by atoms with E-state index in [0.717, 1.165) is 0 Å². The average Bonchev–Trinajstić information content (AvgIpc) is 3.06. The van der Waals surface area contributed by atoms with Gasteiger partial charge in [-0.1, -0.05) is 29.8 Å². The molecule has 8 nitrogen and oxygen atoms in total. The van der Waals surface area contributed by atoms with Crippen molar-refractivity contribution in [2.24, 2.45) is 0 Å². The number of nitriles is 1. The van der Waals surface area contributed by atoms with Crippen LogP contribution in [0, 0.1) is 11.3 Å². The highest BCUT2D eigenvalue weighted by Crippen LogP contribution is 2.39. The number of pyridine rings is 1. The van der Waals surface area contributed by atoms with Gasteiger partial charge in [0.1, 0.15) is 17.1 Å². The van der Waals surface area contributed by atoms with Crippen molar-refractivity contribution >= 4 is 39.3 Å². The molecule has 0 bridgehead atoms. The van der Waals surface area contributed by atoms with Crippen LogP contribution in [0.1, 0.15) is 5.56 Å². The summed E-state index contributed by atoms with van der Waals surface area (Å²) in [5.74, 6) is -0.338. The Balaban J connectivity index is 2.06. The number of fused-ring (bicyclic) bond motifs is 5. The lowest BCUT2D eigenvalue weighted by atomic mass is 9.98. The zero-order chi connectivity index (χ0) is 19.4. The molecule has 0 spiro atoms. The van der Waals surface area contributed by atoms with Crippen molar-refractivity contribution in [3.63, 3.8) is 0 Å². The summed E-state index contributed by atoms with van der Waals surface area (Å²) < 4.78 is 1.46. The van der Waals surface area contributed by atoms with Crippen molar-refractivity contribution in [3.05, 3.63) is 63.3 Å². The summed E-state index contributed by atoms with van der Waals surface area (Å²) in [5.41, 5.74) is 2.31. The van der Waals surface area contributed by atoms with Crippen LogP contribution in [0.4, 0.5) is 0 Å². The van der Waals surface area contributed by atoms with E-state index in [-0.39, 0.29) is 22.5 Å². The third-order valence-electron chi connectivity index (χ3n) is 4.52. The van der Waals surface area contributed by atoms with Crippen LogP contribution in [0.15, 0.2) is 47.3 Å². The van der Waals surface area contributed by atoms with Crippen LogP contribution in [0.5, 0.6) is 5.88 Å². The molecule has 0 fully saturated rings. The summed E-state index contributed by atoms with van der Waals surface area (Å²) in [6.45, 7) is 0. The number of aromatic hydroxyl groups is 1. The van der Waals surface area contributed by atoms with Crippen molar-refractivity contribution in [2.45, 2.75) is 0 Å². The van der Waals surface area contributed by atoms with Crippen molar-refractivity contribution in [2.75, 3.05) is 0 Å². The van der Waals surface area contributed by atoms with Gasteiger partial charge in [-0.15, -0.1) is 15.3 Å². The molecule has 0 radical (unpaired) electrons. The molecule has 134 valence electrons. The Kier molecular flexibility index (Phi) is 3.35. The number of nitrogens with zero attached hydrogens (tertiary/aromatic N) is 5. The number of benzene rings is 2. The maximum Gasteiger partial charge on any atom is 0.209 e. The van der Waals surface area contributed by atoms with Crippen LogP contribution in [-0.2, 0) is 0 Å². The van der Waals surface area contributed by atoms with E-state index in [2.05, 4.69) is 20.3 Å². The predicted molar refractivity (Wildman–Crippen MR) is 103 cm³/mol. The molecule has 0 atom stereocenters. The zero-order valence-electron chi connectivity index (χ0n) is 14.0. The van der Waals surface area contributed by atoms with Gasteiger partial charge in [-0.3, -0.25) is 4.79 Å². The lowest BCUT2D eigenvalue weighted by molar-refractivity contribution is 0.454. The molecule has 2 N–H and O–H groups in total. The van der Waals surface area contributed by atoms with Crippen LogP contribution in [0.2, 0.25) is 5.02 Å². The van der Waals surface area contributed by atoms with E-state index in [4.69, 9.17) is 11.6 Å². The first-order valence-electron chi connectivity index (χ1n) is 8.17. The van der Waals surface area contributed by atoms with E-state index in [1.54, 1.807) is 30.3 Å². The van der Waals surface area contributed by atoms with E-state index in [9.17, 15) is 15.2 Å². The Hall–Kier alpha value is -3.96. The molecule has 3 heterocycles. The standard InChI is InChI=1S/C19H9ClN6O2/c20-12-4-2-1-3-10(12)15-11(8-21)19(28)22-17-16(15)18-24-23-13-6-5-9(27)7-14(13)26(18)25-17/h1-7H,(H2,22,25,28). The van der Waals surface area contributed by atoms with E-state index < -0.39 is 0 Å². The van der Waals surface area contributed by atoms with Crippen molar-refractivity contribution in [1.29, 1.82) is 5.26 Å². The van der Waals surface area contributed by atoms with Gasteiger partial charge in [-0.25, -0.2) is 4.52 Å². The molecule has 28 heavy (non-hydrogen) atoms. The van der Waals surface area contributed by atoms with Gasteiger partial charge in [0, 0.05) is 22.2 Å². The van der Waals surface area contributed by atoms with Gasteiger partial charge in [-0.2, -0.15) is 5.26 Å². The Morgan fingerprint density at radius 1 is 1.18 bits per heavy atom. The normalized spacial score (nSPS) is 11.3. The monoisotopic (exact) mass is 388 g/mol. The lowest BCUT2D eigenvalue weighted by Crippen LogP contribution is -2.02. The number of halogens is 1. The second-order valence-corrected chi connectivity index (χ2v) is 6.53. The summed E-state index contributed by atoms with van der Waals surface area (Å²) in [6.07, 6.45) is 0. The highest BCUT2D eigenvalue weighted by molar-refractivity contribution is 6.34. The van der Waals surface area contributed by atoms with Crippen LogP contribution >= 0.6 is 11.6 Å². The Labute approximate surface area is 161 Å². The van der Waals surface area contributed by atoms with E-state index in [1.807, 2.05) is 6.07 Å². The fourth-order valence-electron chi connectivity index (χ4n) is 3.31. The number of hydrogen-bond donors (Lipinski definition) is 2. The smallest absolute Gasteiger partial charge is 0.209 e. The van der Waals surface area contributed by atoms with Gasteiger partial charge in [0.2, 0.25) is 5.88 Å². The Morgan fingerprint density at radius 3 is 2.79 bits per heavy atom. The largest absolute Gasteiger partial charge is 0.494 e. The highest BCUT2D eigenvalue weighted by atomic mass is 35.5. The Morgan fingerprint density at radius 2 is 2.00 bits per heavy atom. The molecule has 0 unspecified atom stereocenters. The van der Waals surface area contributed by atoms with E-state index in [1.165, 1.54) is 16.6 Å². The van der Waals surface area contributed by atoms with Crippen molar-refractivity contribution < 1.29 is 5.11 Å². The molecular weight excluding hydrogens is 380 g/mol. The third-order valence-corrected chi connectivity index (χ3v) is 4.85. The van der Waals surface area contributed by atoms with E-state index in [0.29, 0.717) is 38.2 Å². The van der Waals surface area contributed by atoms with Crippen molar-refractivity contribution in [1.82, 2.24) is 24.8 Å². The Bertz CT molecular complexity index is 1530. The SMILES string of the molecule is N#Cc1c(O)[nH]c2nn3c4cc(=O)ccc4nnc3c2c1-c1ccccc1Cl. The molecule has 0 aliphatic rings. The maximum atomic E-state index is 11.8. The first kappa shape index (κ1) is 16.2. The van der Waals surface area contributed by atoms with Crippen LogP contribution in [0.25, 0.3) is 38.8 Å². The zero-order valence-corrected chi connectivity index (χ0v) is 14.8. The molecule has 0 aliphatic heterocycles. The lowest BCUT2D eigenvalue weighted by Gasteiger charge is -2.09. The molecule has 5 rings (SSSR count). The molecule has 9 heteroatoms. The van der Waals surface area contributed by atoms with Crippen LogP contribution in [0.3, 0.4) is 0 Å². The molecule has 0 saturated heterocycles. The van der Waals surface area contributed by atoms with Crippen LogP contribution in [-0.4, -0.2) is 29.9 Å². The summed E-state index contributed by atoms with van der Waals surface area (Å²) in [5, 5.41) is 33.7. The maximum absolute atomic E-state index is 11.8. The molecule has 3 aromatic heterocycles.